The molecule has 0 aliphatic heterocycles. The molecule has 0 aliphatic rings. The molecule has 3 aromatic rings. The van der Waals surface area contributed by atoms with Gasteiger partial charge in [0.2, 0.25) is 0 Å². The quantitative estimate of drug-likeness (QED) is 0.655. The third-order valence-corrected chi connectivity index (χ3v) is 3.95. The van der Waals surface area contributed by atoms with Gasteiger partial charge in [0.25, 0.3) is 5.91 Å². The first-order valence-electron chi connectivity index (χ1n) is 8.40. The van der Waals surface area contributed by atoms with Crippen LogP contribution in [-0.4, -0.2) is 33.8 Å². The fraction of sp³-hybridized carbons (Fsp3) is 0.211. The van der Waals surface area contributed by atoms with Gasteiger partial charge in [-0.3, -0.25) is 4.79 Å². The lowest BCUT2D eigenvalue weighted by atomic mass is 10.2. The minimum Gasteiger partial charge on any atom is -0.492 e. The number of rotatable bonds is 6. The Bertz CT molecular complexity index is 938. The number of amides is 1. The summed E-state index contributed by atoms with van der Waals surface area (Å²) < 4.78 is 44.7. The van der Waals surface area contributed by atoms with E-state index in [9.17, 15) is 18.0 Å². The van der Waals surface area contributed by atoms with E-state index in [-0.39, 0.29) is 18.3 Å². The number of carbonyl (C=O) groups excluding carboxylic acids is 1. The van der Waals surface area contributed by atoms with Gasteiger partial charge in [-0.15, -0.1) is 0 Å². The van der Waals surface area contributed by atoms with Crippen molar-refractivity contribution >= 4 is 5.91 Å². The van der Waals surface area contributed by atoms with Gasteiger partial charge in [0, 0.05) is 6.20 Å². The van der Waals surface area contributed by atoms with Crippen molar-refractivity contribution in [2.75, 3.05) is 13.2 Å². The van der Waals surface area contributed by atoms with Gasteiger partial charge in [-0.2, -0.15) is 18.3 Å². The van der Waals surface area contributed by atoms with E-state index in [0.29, 0.717) is 23.6 Å². The molecule has 0 spiro atoms. The third kappa shape index (κ3) is 4.48. The summed E-state index contributed by atoms with van der Waals surface area (Å²) in [5, 5.41) is 6.77. The molecule has 3 rings (SSSR count). The zero-order chi connectivity index (χ0) is 20.1. The number of halogens is 3. The van der Waals surface area contributed by atoms with Crippen molar-refractivity contribution in [1.82, 2.24) is 20.1 Å². The van der Waals surface area contributed by atoms with Crippen LogP contribution in [0.2, 0.25) is 0 Å². The molecule has 0 atom stereocenters. The molecule has 1 N–H and O–H groups in total. The highest BCUT2D eigenvalue weighted by molar-refractivity contribution is 5.95. The summed E-state index contributed by atoms with van der Waals surface area (Å²) >= 11 is 0. The fourth-order valence-electron chi connectivity index (χ4n) is 2.49. The van der Waals surface area contributed by atoms with Crippen LogP contribution in [0.3, 0.4) is 0 Å². The molecule has 0 unspecified atom stereocenters. The lowest BCUT2D eigenvalue weighted by Gasteiger charge is -2.09. The molecule has 0 radical (unpaired) electrons. The van der Waals surface area contributed by atoms with Crippen molar-refractivity contribution < 1.29 is 22.7 Å². The highest BCUT2D eigenvalue weighted by atomic mass is 19.4. The molecule has 1 amide bonds. The number of pyridine rings is 1. The zero-order valence-corrected chi connectivity index (χ0v) is 14.9. The lowest BCUT2D eigenvalue weighted by Crippen LogP contribution is -2.28. The van der Waals surface area contributed by atoms with Gasteiger partial charge in [-0.1, -0.05) is 18.2 Å². The smallest absolute Gasteiger partial charge is 0.417 e. The highest BCUT2D eigenvalue weighted by Crippen LogP contribution is 2.28. The summed E-state index contributed by atoms with van der Waals surface area (Å²) in [6.07, 6.45) is -2.38. The second-order valence-electron chi connectivity index (χ2n) is 5.88. The van der Waals surface area contributed by atoms with Crippen LogP contribution >= 0.6 is 0 Å². The number of carbonyl (C=O) groups is 1. The Morgan fingerprint density at radius 2 is 1.89 bits per heavy atom. The Kier molecular flexibility index (Phi) is 5.62. The van der Waals surface area contributed by atoms with Crippen molar-refractivity contribution in [1.29, 1.82) is 0 Å². The van der Waals surface area contributed by atoms with E-state index < -0.39 is 11.7 Å². The molecule has 0 fully saturated rings. The van der Waals surface area contributed by atoms with Crippen molar-refractivity contribution in [2.24, 2.45) is 0 Å². The number of aromatic nitrogens is 3. The van der Waals surface area contributed by atoms with Gasteiger partial charge in [0.05, 0.1) is 29.6 Å². The first-order chi connectivity index (χ1) is 13.4. The first kappa shape index (κ1) is 19.4. The zero-order valence-electron chi connectivity index (χ0n) is 14.9. The van der Waals surface area contributed by atoms with E-state index in [4.69, 9.17) is 4.74 Å². The fourth-order valence-corrected chi connectivity index (χ4v) is 2.49. The number of ether oxygens (including phenoxy) is 1. The summed E-state index contributed by atoms with van der Waals surface area (Å²) in [7, 11) is 0. The Labute approximate surface area is 159 Å². The lowest BCUT2D eigenvalue weighted by molar-refractivity contribution is -0.137. The number of nitrogens with one attached hydrogen (secondary N) is 1. The topological polar surface area (TPSA) is 69.0 Å². The van der Waals surface area contributed by atoms with Crippen LogP contribution in [0.15, 0.2) is 54.9 Å². The van der Waals surface area contributed by atoms with E-state index in [2.05, 4.69) is 15.4 Å². The Morgan fingerprint density at radius 3 is 2.54 bits per heavy atom. The van der Waals surface area contributed by atoms with Crippen molar-refractivity contribution in [3.8, 4) is 11.6 Å². The molecule has 2 aromatic heterocycles. The monoisotopic (exact) mass is 390 g/mol. The first-order valence-corrected chi connectivity index (χ1v) is 8.40. The average Bonchev–Trinajstić information content (AvgIpc) is 3.07. The molecule has 1 aromatic carbocycles. The van der Waals surface area contributed by atoms with Crippen LogP contribution in [0, 0.1) is 6.92 Å². The van der Waals surface area contributed by atoms with Crippen LogP contribution in [0.5, 0.6) is 5.75 Å². The number of benzene rings is 1. The molecular weight excluding hydrogens is 373 g/mol. The predicted molar refractivity (Wildman–Crippen MR) is 95.4 cm³/mol. The second kappa shape index (κ2) is 8.12. The minimum absolute atomic E-state index is 0.192. The molecule has 0 bridgehead atoms. The van der Waals surface area contributed by atoms with Gasteiger partial charge >= 0.3 is 6.18 Å². The van der Waals surface area contributed by atoms with Gasteiger partial charge in [0.15, 0.2) is 5.82 Å². The van der Waals surface area contributed by atoms with Crippen molar-refractivity contribution in [3.05, 3.63) is 71.7 Å². The van der Waals surface area contributed by atoms with Crippen LogP contribution in [0.25, 0.3) is 5.82 Å². The molecule has 0 saturated carbocycles. The summed E-state index contributed by atoms with van der Waals surface area (Å²) in [5.41, 5.74) is -0.0763. The molecule has 6 nitrogen and oxygen atoms in total. The molecule has 9 heteroatoms. The van der Waals surface area contributed by atoms with Crippen LogP contribution in [0.1, 0.15) is 21.6 Å². The molecule has 146 valence electrons. The van der Waals surface area contributed by atoms with E-state index in [1.807, 2.05) is 30.3 Å². The van der Waals surface area contributed by atoms with Crippen LogP contribution in [-0.2, 0) is 6.18 Å². The van der Waals surface area contributed by atoms with Crippen molar-refractivity contribution in [2.45, 2.75) is 13.1 Å². The Balaban J connectivity index is 1.61. The number of alkyl halides is 3. The summed E-state index contributed by atoms with van der Waals surface area (Å²) in [6, 6.07) is 11.3. The number of hydrogen-bond acceptors (Lipinski definition) is 4. The summed E-state index contributed by atoms with van der Waals surface area (Å²) in [5.74, 6) is 0.540. The number of nitrogens with zero attached hydrogens (tertiary/aromatic N) is 3. The van der Waals surface area contributed by atoms with E-state index in [1.165, 1.54) is 16.9 Å². The Morgan fingerprint density at radius 1 is 1.14 bits per heavy atom. The van der Waals surface area contributed by atoms with E-state index >= 15 is 0 Å². The van der Waals surface area contributed by atoms with Gasteiger partial charge in [-0.25, -0.2) is 9.67 Å². The molecule has 28 heavy (non-hydrogen) atoms. The van der Waals surface area contributed by atoms with Crippen molar-refractivity contribution in [3.63, 3.8) is 0 Å². The maximum Gasteiger partial charge on any atom is 0.417 e. The highest BCUT2D eigenvalue weighted by Gasteiger charge is 2.30. The average molecular weight is 390 g/mol. The van der Waals surface area contributed by atoms with E-state index in [1.54, 1.807) is 6.92 Å². The van der Waals surface area contributed by atoms with Gasteiger partial charge in [0.1, 0.15) is 12.4 Å². The van der Waals surface area contributed by atoms with E-state index in [0.717, 1.165) is 12.3 Å². The summed E-state index contributed by atoms with van der Waals surface area (Å²) in [6.45, 7) is 2.22. The Hall–Kier alpha value is -3.36. The van der Waals surface area contributed by atoms with Crippen LogP contribution in [0.4, 0.5) is 13.2 Å². The van der Waals surface area contributed by atoms with Crippen LogP contribution < -0.4 is 10.1 Å². The molecule has 0 saturated heterocycles. The minimum atomic E-state index is -4.46. The number of hydrogen-bond donors (Lipinski definition) is 1. The standard InChI is InChI=1S/C19H17F3N4O2/c1-13-16(18(27)23-9-10-28-15-5-3-2-4-6-15)12-25-26(13)17-8-7-14(11-24-17)19(20,21)22/h2-8,11-12H,9-10H2,1H3,(H,23,27). The normalized spacial score (nSPS) is 11.3. The van der Waals surface area contributed by atoms with Gasteiger partial charge < -0.3 is 10.1 Å². The third-order valence-electron chi connectivity index (χ3n) is 3.95. The molecular formula is C19H17F3N4O2. The largest absolute Gasteiger partial charge is 0.492 e. The maximum atomic E-state index is 12.6. The molecule has 0 aliphatic carbocycles. The number of para-hydroxylation sites is 1. The second-order valence-corrected chi connectivity index (χ2v) is 5.88. The SMILES string of the molecule is Cc1c(C(=O)NCCOc2ccccc2)cnn1-c1ccc(C(F)(F)F)cn1. The van der Waals surface area contributed by atoms with Gasteiger partial charge in [-0.05, 0) is 31.2 Å². The predicted octanol–water partition coefficient (Wildman–Crippen LogP) is 3.40. The molecule has 2 heterocycles. The summed E-state index contributed by atoms with van der Waals surface area (Å²) in [4.78, 5) is 16.1. The maximum absolute atomic E-state index is 12.6.